The number of methoxy groups -OCH3 is 1. The highest BCUT2D eigenvalue weighted by Crippen LogP contribution is 2.21. The first-order valence-corrected chi connectivity index (χ1v) is 3.79. The predicted octanol–water partition coefficient (Wildman–Crippen LogP) is -0.561. The molecule has 0 bridgehead atoms. The van der Waals surface area contributed by atoms with E-state index in [-0.39, 0.29) is 6.42 Å². The van der Waals surface area contributed by atoms with Gasteiger partial charge in [-0.15, -0.1) is 0 Å². The first kappa shape index (κ1) is 9.85. The number of alkyl halides is 1. The summed E-state index contributed by atoms with van der Waals surface area (Å²) in [6.45, 7) is -0.821. The highest BCUT2D eigenvalue weighted by atomic mass is 19.1. The van der Waals surface area contributed by atoms with Crippen LogP contribution < -0.4 is 0 Å². The minimum atomic E-state index is -1.04. The maximum atomic E-state index is 12.2. The minimum Gasteiger partial charge on any atom is -0.388 e. The van der Waals surface area contributed by atoms with Gasteiger partial charge in [-0.2, -0.15) is 0 Å². The molecule has 0 aromatic carbocycles. The Morgan fingerprint density at radius 2 is 2.25 bits per heavy atom. The van der Waals surface area contributed by atoms with Crippen molar-refractivity contribution < 1.29 is 24.1 Å². The predicted molar refractivity (Wildman–Crippen MR) is 38.3 cm³/mol. The standard InChI is InChI=1S/C7H13FO4/c1-11-4-2-6(9)12-5(3-8)7(4)10/h4-7,9-10H,2-3H2,1H3/t4-,5-,6?,7+/m1/s1. The fraction of sp³-hybridized carbons (Fsp3) is 1.00. The third-order valence-electron chi connectivity index (χ3n) is 1.98. The van der Waals surface area contributed by atoms with Gasteiger partial charge in [-0.1, -0.05) is 0 Å². The second-order valence-corrected chi connectivity index (χ2v) is 2.78. The van der Waals surface area contributed by atoms with Gasteiger partial charge in [0.15, 0.2) is 6.29 Å². The second kappa shape index (κ2) is 4.13. The molecule has 4 nitrogen and oxygen atoms in total. The largest absolute Gasteiger partial charge is 0.388 e. The van der Waals surface area contributed by atoms with E-state index in [2.05, 4.69) is 0 Å². The van der Waals surface area contributed by atoms with Gasteiger partial charge in [0.25, 0.3) is 0 Å². The summed E-state index contributed by atoms with van der Waals surface area (Å²) in [4.78, 5) is 0. The third-order valence-corrected chi connectivity index (χ3v) is 1.98. The molecule has 12 heavy (non-hydrogen) atoms. The Balaban J connectivity index is 2.55. The zero-order valence-electron chi connectivity index (χ0n) is 6.81. The summed E-state index contributed by atoms with van der Waals surface area (Å²) in [5, 5.41) is 18.4. The summed E-state index contributed by atoms with van der Waals surface area (Å²) in [6, 6.07) is 0. The van der Waals surface area contributed by atoms with Crippen molar-refractivity contribution in [3.05, 3.63) is 0 Å². The van der Waals surface area contributed by atoms with Crippen LogP contribution in [-0.2, 0) is 9.47 Å². The normalized spacial score (nSPS) is 43.0. The smallest absolute Gasteiger partial charge is 0.157 e. The Hall–Kier alpha value is -0.230. The molecule has 1 fully saturated rings. The average molecular weight is 180 g/mol. The van der Waals surface area contributed by atoms with Crippen LogP contribution in [0, 0.1) is 0 Å². The van der Waals surface area contributed by atoms with E-state index in [4.69, 9.17) is 14.6 Å². The molecule has 4 atom stereocenters. The van der Waals surface area contributed by atoms with Crippen LogP contribution in [0.1, 0.15) is 6.42 Å². The number of ether oxygens (including phenoxy) is 2. The molecule has 0 spiro atoms. The summed E-state index contributed by atoms with van der Waals surface area (Å²) in [5.74, 6) is 0. The van der Waals surface area contributed by atoms with Gasteiger partial charge in [0.1, 0.15) is 18.9 Å². The zero-order valence-corrected chi connectivity index (χ0v) is 6.81. The van der Waals surface area contributed by atoms with Crippen LogP contribution >= 0.6 is 0 Å². The first-order valence-electron chi connectivity index (χ1n) is 3.79. The molecule has 1 unspecified atom stereocenters. The van der Waals surface area contributed by atoms with E-state index >= 15 is 0 Å². The van der Waals surface area contributed by atoms with Crippen molar-refractivity contribution in [2.75, 3.05) is 13.8 Å². The summed E-state index contributed by atoms with van der Waals surface area (Å²) in [6.07, 6.45) is -3.38. The fourth-order valence-corrected chi connectivity index (χ4v) is 1.28. The molecule has 0 aliphatic carbocycles. The van der Waals surface area contributed by atoms with Crippen molar-refractivity contribution in [2.45, 2.75) is 31.0 Å². The second-order valence-electron chi connectivity index (χ2n) is 2.78. The Bertz CT molecular complexity index is 129. The van der Waals surface area contributed by atoms with Crippen LogP contribution in [0.5, 0.6) is 0 Å². The molecule has 0 aromatic rings. The highest BCUT2D eigenvalue weighted by Gasteiger charge is 2.36. The average Bonchev–Trinajstić information content (AvgIpc) is 2.08. The molecular weight excluding hydrogens is 167 g/mol. The van der Waals surface area contributed by atoms with Gasteiger partial charge < -0.3 is 19.7 Å². The lowest BCUT2D eigenvalue weighted by Crippen LogP contribution is -2.49. The van der Waals surface area contributed by atoms with Crippen LogP contribution in [0.3, 0.4) is 0 Å². The zero-order chi connectivity index (χ0) is 9.14. The molecule has 0 saturated carbocycles. The fourth-order valence-electron chi connectivity index (χ4n) is 1.28. The van der Waals surface area contributed by atoms with E-state index in [0.717, 1.165) is 0 Å². The van der Waals surface area contributed by atoms with Crippen molar-refractivity contribution in [2.24, 2.45) is 0 Å². The molecule has 1 saturated heterocycles. The molecular formula is C7H13FO4. The van der Waals surface area contributed by atoms with E-state index in [1.807, 2.05) is 0 Å². The lowest BCUT2D eigenvalue weighted by molar-refractivity contribution is -0.239. The first-order chi connectivity index (χ1) is 5.69. The molecule has 1 aliphatic rings. The van der Waals surface area contributed by atoms with Crippen LogP contribution in [-0.4, -0.2) is 48.6 Å². The Morgan fingerprint density at radius 1 is 1.58 bits per heavy atom. The van der Waals surface area contributed by atoms with Gasteiger partial charge in [-0.3, -0.25) is 0 Å². The topological polar surface area (TPSA) is 58.9 Å². The van der Waals surface area contributed by atoms with Crippen LogP contribution in [0.25, 0.3) is 0 Å². The maximum Gasteiger partial charge on any atom is 0.157 e. The number of hydrogen-bond acceptors (Lipinski definition) is 4. The lowest BCUT2D eigenvalue weighted by Gasteiger charge is -2.35. The molecule has 2 N–H and O–H groups in total. The SMILES string of the molecule is CO[C@@H]1CC(O)O[C@H](CF)[C@H]1O. The van der Waals surface area contributed by atoms with Gasteiger partial charge in [0.2, 0.25) is 0 Å². The quantitative estimate of drug-likeness (QED) is 0.598. The van der Waals surface area contributed by atoms with Crippen molar-refractivity contribution >= 4 is 0 Å². The minimum absolute atomic E-state index is 0.175. The van der Waals surface area contributed by atoms with Crippen LogP contribution in [0.2, 0.25) is 0 Å². The van der Waals surface area contributed by atoms with Crippen LogP contribution in [0.15, 0.2) is 0 Å². The van der Waals surface area contributed by atoms with E-state index in [1.54, 1.807) is 0 Å². The van der Waals surface area contributed by atoms with E-state index in [0.29, 0.717) is 0 Å². The molecule has 0 amide bonds. The summed E-state index contributed by atoms with van der Waals surface area (Å²) >= 11 is 0. The number of halogens is 1. The number of rotatable bonds is 2. The summed E-state index contributed by atoms with van der Waals surface area (Å²) < 4.78 is 21.7. The molecule has 1 heterocycles. The molecule has 1 aliphatic heterocycles. The maximum absolute atomic E-state index is 12.2. The van der Waals surface area contributed by atoms with Gasteiger partial charge in [0, 0.05) is 13.5 Å². The Labute approximate surface area is 69.9 Å². The Kier molecular flexibility index (Phi) is 3.39. The molecule has 0 aromatic heterocycles. The van der Waals surface area contributed by atoms with Gasteiger partial charge in [0.05, 0.1) is 6.10 Å². The monoisotopic (exact) mass is 180 g/mol. The molecule has 1 rings (SSSR count). The van der Waals surface area contributed by atoms with Crippen molar-refractivity contribution in [3.8, 4) is 0 Å². The van der Waals surface area contributed by atoms with Crippen LogP contribution in [0.4, 0.5) is 4.39 Å². The molecule has 0 radical (unpaired) electrons. The summed E-state index contributed by atoms with van der Waals surface area (Å²) in [5.41, 5.74) is 0. The lowest BCUT2D eigenvalue weighted by atomic mass is 10.0. The van der Waals surface area contributed by atoms with E-state index in [9.17, 15) is 9.50 Å². The van der Waals surface area contributed by atoms with Crippen molar-refractivity contribution in [1.82, 2.24) is 0 Å². The number of aliphatic hydroxyl groups is 2. The van der Waals surface area contributed by atoms with E-state index in [1.165, 1.54) is 7.11 Å². The van der Waals surface area contributed by atoms with Gasteiger partial charge in [-0.05, 0) is 0 Å². The highest BCUT2D eigenvalue weighted by molar-refractivity contribution is 4.82. The number of hydrogen-bond donors (Lipinski definition) is 2. The van der Waals surface area contributed by atoms with Crippen molar-refractivity contribution in [1.29, 1.82) is 0 Å². The molecule has 72 valence electrons. The number of aliphatic hydroxyl groups excluding tert-OH is 2. The third kappa shape index (κ3) is 1.92. The summed E-state index contributed by atoms with van der Waals surface area (Å²) in [7, 11) is 1.40. The van der Waals surface area contributed by atoms with E-state index < -0.39 is 31.3 Å². The van der Waals surface area contributed by atoms with Gasteiger partial charge in [-0.25, -0.2) is 4.39 Å². The molecule has 5 heteroatoms. The van der Waals surface area contributed by atoms with Crippen molar-refractivity contribution in [3.63, 3.8) is 0 Å². The van der Waals surface area contributed by atoms with Gasteiger partial charge >= 0.3 is 0 Å². The Morgan fingerprint density at radius 3 is 2.75 bits per heavy atom.